The molecule has 0 aromatic heterocycles. The normalized spacial score (nSPS) is 44.4. The highest BCUT2D eigenvalue weighted by Gasteiger charge is 2.67. The minimum atomic E-state index is -0.464. The van der Waals surface area contributed by atoms with Crippen molar-refractivity contribution in [2.75, 3.05) is 39.3 Å². The van der Waals surface area contributed by atoms with E-state index in [1.165, 1.54) is 0 Å². The summed E-state index contributed by atoms with van der Waals surface area (Å²) >= 11 is 0. The van der Waals surface area contributed by atoms with Crippen molar-refractivity contribution in [3.8, 4) is 0 Å². The van der Waals surface area contributed by atoms with Crippen LogP contribution in [0.5, 0.6) is 0 Å². The van der Waals surface area contributed by atoms with Gasteiger partial charge in [-0.2, -0.15) is 0 Å². The number of amides is 4. The Bertz CT molecular complexity index is 1800. The zero-order valence-electron chi connectivity index (χ0n) is 45.6. The average molecular weight is 1030 g/mol. The molecule has 8 saturated carbocycles. The molecule has 0 aromatic rings. The maximum Gasteiger partial charge on any atom is 0.239 e. The number of carbonyl (C=O) groups is 4. The molecule has 0 heterocycles. The number of carbonyl (C=O) groups excluding carboxylic acids is 4. The molecule has 0 spiro atoms. The molecule has 0 radical (unpaired) electrons. The van der Waals surface area contributed by atoms with Crippen LogP contribution >= 0.6 is 0 Å². The van der Waals surface area contributed by atoms with Crippen molar-refractivity contribution in [3.63, 3.8) is 0 Å². The molecule has 4 amide bonds. The van der Waals surface area contributed by atoms with Gasteiger partial charge in [-0.1, -0.05) is 41.5 Å². The molecule has 8 aliphatic rings. The van der Waals surface area contributed by atoms with Gasteiger partial charge < -0.3 is 57.2 Å². The molecule has 0 aromatic carbocycles. The summed E-state index contributed by atoms with van der Waals surface area (Å²) in [5.41, 5.74) is -0.562. The second-order valence-corrected chi connectivity index (χ2v) is 26.8. The highest BCUT2D eigenvalue weighted by atomic mass is 16.3. The lowest BCUT2D eigenvalue weighted by Crippen LogP contribution is -2.62. The van der Waals surface area contributed by atoms with Crippen molar-refractivity contribution >= 4 is 23.6 Å². The zero-order valence-corrected chi connectivity index (χ0v) is 45.6. The van der Waals surface area contributed by atoms with E-state index in [0.717, 1.165) is 77.0 Å². The molecule has 0 saturated heterocycles. The molecule has 15 nitrogen and oxygen atoms in total. The van der Waals surface area contributed by atoms with Gasteiger partial charge in [0.25, 0.3) is 0 Å². The first-order valence-electron chi connectivity index (χ1n) is 29.5. The van der Waals surface area contributed by atoms with E-state index in [-0.39, 0.29) is 142 Å². The van der Waals surface area contributed by atoms with Gasteiger partial charge >= 0.3 is 0 Å². The molecular formula is C58H99N5O10. The van der Waals surface area contributed by atoms with E-state index in [0.29, 0.717) is 77.5 Å². The number of hydrogen-bond donors (Lipinski definition) is 11. The third-order valence-electron chi connectivity index (χ3n) is 23.3. The summed E-state index contributed by atoms with van der Waals surface area (Å²) in [5.74, 6) is 2.00. The number of fused-ring (bicyclic) bond motifs is 10. The highest BCUT2D eigenvalue weighted by molar-refractivity contribution is 5.85. The van der Waals surface area contributed by atoms with E-state index in [2.05, 4.69) is 68.1 Å². The van der Waals surface area contributed by atoms with Crippen LogP contribution in [0.25, 0.3) is 0 Å². The van der Waals surface area contributed by atoms with Crippen LogP contribution in [0.3, 0.4) is 0 Å². The smallest absolute Gasteiger partial charge is 0.239 e. The Morgan fingerprint density at radius 3 is 1.27 bits per heavy atom. The van der Waals surface area contributed by atoms with E-state index in [1.54, 1.807) is 0 Å². The van der Waals surface area contributed by atoms with Crippen LogP contribution in [0.2, 0.25) is 0 Å². The predicted molar refractivity (Wildman–Crippen MR) is 279 cm³/mol. The Balaban J connectivity index is 0.639. The Morgan fingerprint density at radius 1 is 0.479 bits per heavy atom. The summed E-state index contributed by atoms with van der Waals surface area (Å²) in [7, 11) is 0. The Morgan fingerprint density at radius 2 is 0.877 bits per heavy atom. The fourth-order valence-electron chi connectivity index (χ4n) is 19.1. The van der Waals surface area contributed by atoms with E-state index in [9.17, 15) is 49.8 Å². The molecular weight excluding hydrogens is 927 g/mol. The average Bonchev–Trinajstić information content (AvgIpc) is 3.90. The van der Waals surface area contributed by atoms with Crippen molar-refractivity contribution < 1.29 is 49.8 Å². The molecule has 8 rings (SSSR count). The summed E-state index contributed by atoms with van der Waals surface area (Å²) < 4.78 is 0. The van der Waals surface area contributed by atoms with E-state index in [1.807, 2.05) is 0 Å². The SMILES string of the molecule is CC(CCC(=O)NCC(=O)NCCCNCCCNC(=O)CNC(=O)CCC(C)[C@H]1CCC2C3C(C[C@H](O)[C@@]21C)[C@@]1(C)CC[C@@H](O)CC1C[C@H]3O)[C@H]1CCC2C3C(C[C@H](O)[C@@]21C)[C@@]1(C)CC[C@@H](O)CC1C[C@H]3O. The highest BCUT2D eigenvalue weighted by Crippen LogP contribution is 2.70. The molecule has 10 unspecified atom stereocenters. The minimum Gasteiger partial charge on any atom is -0.393 e. The maximum absolute atomic E-state index is 12.9. The summed E-state index contributed by atoms with van der Waals surface area (Å²) in [6.45, 7) is 15.7. The van der Waals surface area contributed by atoms with Gasteiger partial charge in [-0.05, 0) is 221 Å². The van der Waals surface area contributed by atoms with Gasteiger partial charge in [-0.15, -0.1) is 0 Å². The molecule has 8 fully saturated rings. The first-order chi connectivity index (χ1) is 34.6. The fraction of sp³-hybridized carbons (Fsp3) is 0.931. The van der Waals surface area contributed by atoms with Crippen molar-refractivity contribution in [2.45, 2.75) is 207 Å². The molecule has 0 bridgehead atoms. The van der Waals surface area contributed by atoms with Crippen molar-refractivity contribution in [1.29, 1.82) is 0 Å². The first-order valence-corrected chi connectivity index (χ1v) is 29.5. The standard InChI is InChI=1S/C58H99N5O10/c1-33(39-11-13-41-53-43(29-47(68)57(39,41)5)55(3)19-17-37(64)25-35(55)27-45(53)66)9-15-49(70)62-31-51(72)60-23-7-21-59-22-8-24-61-52(73)32-63-50(71)16-10-34(2)40-12-14-42-54-44(30-48(69)58(40,42)6)56(4)20-18-38(65)26-36(56)28-46(54)67/h33-48,53-54,59,64-69H,7-32H2,1-6H3,(H,60,72)(H,61,73)(H,62,70)(H,63,71)/t33?,34?,35?,36?,37-,38-,39-,40-,41?,42?,43?,44?,45-,46-,47+,48+,53?,54?,55+,56+,57-,58-/m1/s1. The predicted octanol–water partition coefficient (Wildman–Crippen LogP) is 4.58. The number of nitrogens with one attached hydrogen (secondary N) is 5. The van der Waals surface area contributed by atoms with Crippen LogP contribution in [0, 0.1) is 92.7 Å². The second-order valence-electron chi connectivity index (χ2n) is 26.8. The number of aliphatic hydroxyl groups is 6. The Hall–Kier alpha value is -2.40. The van der Waals surface area contributed by atoms with Gasteiger partial charge in [0.1, 0.15) is 0 Å². The van der Waals surface area contributed by atoms with Gasteiger partial charge in [-0.25, -0.2) is 0 Å². The number of aliphatic hydroxyl groups excluding tert-OH is 6. The lowest BCUT2D eigenvalue weighted by atomic mass is 9.43. The largest absolute Gasteiger partial charge is 0.393 e. The topological polar surface area (TPSA) is 250 Å². The van der Waals surface area contributed by atoms with Crippen LogP contribution in [-0.2, 0) is 19.2 Å². The van der Waals surface area contributed by atoms with Crippen molar-refractivity contribution in [1.82, 2.24) is 26.6 Å². The van der Waals surface area contributed by atoms with Gasteiger partial charge in [0, 0.05) is 25.9 Å². The van der Waals surface area contributed by atoms with Gasteiger partial charge in [-0.3, -0.25) is 19.2 Å². The molecule has 416 valence electrons. The van der Waals surface area contributed by atoms with Crippen LogP contribution in [0.4, 0.5) is 0 Å². The van der Waals surface area contributed by atoms with E-state index < -0.39 is 24.4 Å². The quantitative estimate of drug-likeness (QED) is 0.0754. The molecule has 15 heteroatoms. The van der Waals surface area contributed by atoms with E-state index >= 15 is 0 Å². The molecule has 0 aliphatic heterocycles. The lowest BCUT2D eigenvalue weighted by Gasteiger charge is -2.63. The monoisotopic (exact) mass is 1030 g/mol. The summed E-state index contributed by atoms with van der Waals surface area (Å²) in [6, 6.07) is 0. The Kier molecular flexibility index (Phi) is 18.1. The van der Waals surface area contributed by atoms with Gasteiger partial charge in [0.15, 0.2) is 0 Å². The van der Waals surface area contributed by atoms with Crippen LogP contribution < -0.4 is 26.6 Å². The van der Waals surface area contributed by atoms with Crippen LogP contribution in [0.15, 0.2) is 0 Å². The molecule has 73 heavy (non-hydrogen) atoms. The fourth-order valence-corrected chi connectivity index (χ4v) is 19.1. The van der Waals surface area contributed by atoms with Crippen LogP contribution in [-0.4, -0.2) is 130 Å². The summed E-state index contributed by atoms with van der Waals surface area (Å²) in [4.78, 5) is 50.8. The van der Waals surface area contributed by atoms with E-state index in [4.69, 9.17) is 0 Å². The summed E-state index contributed by atoms with van der Waals surface area (Å²) in [6.07, 6.45) is 12.8. The molecule has 8 aliphatic carbocycles. The second kappa shape index (κ2) is 23.3. The Labute approximate surface area is 437 Å². The van der Waals surface area contributed by atoms with Crippen LogP contribution in [0.1, 0.15) is 170 Å². The zero-order chi connectivity index (χ0) is 52.6. The molecule has 22 atom stereocenters. The van der Waals surface area contributed by atoms with Crippen molar-refractivity contribution in [2.24, 2.45) is 92.7 Å². The number of rotatable bonds is 20. The first kappa shape index (κ1) is 56.8. The third-order valence-corrected chi connectivity index (χ3v) is 23.3. The minimum absolute atomic E-state index is 0.0353. The van der Waals surface area contributed by atoms with Gasteiger partial charge in [0.05, 0.1) is 49.7 Å². The number of hydrogen-bond acceptors (Lipinski definition) is 11. The third kappa shape index (κ3) is 11.3. The summed E-state index contributed by atoms with van der Waals surface area (Å²) in [5, 5.41) is 82.4. The lowest BCUT2D eigenvalue weighted by molar-refractivity contribution is -0.207. The maximum atomic E-state index is 12.9. The van der Waals surface area contributed by atoms with Gasteiger partial charge in [0.2, 0.25) is 23.6 Å². The molecule has 11 N–H and O–H groups in total. The van der Waals surface area contributed by atoms with Crippen molar-refractivity contribution in [3.05, 3.63) is 0 Å².